The zero-order valence-electron chi connectivity index (χ0n) is 7.62. The number of benzene rings is 1. The molecule has 1 heterocycles. The van der Waals surface area contributed by atoms with Crippen LogP contribution in [0.4, 0.5) is 5.82 Å². The van der Waals surface area contributed by atoms with Crippen LogP contribution in [0.1, 0.15) is 4.88 Å². The highest BCUT2D eigenvalue weighted by Gasteiger charge is 2.06. The number of hydrogen-bond acceptors (Lipinski definition) is 3. The quantitative estimate of drug-likeness (QED) is 0.861. The highest BCUT2D eigenvalue weighted by molar-refractivity contribution is 9.10. The van der Waals surface area contributed by atoms with Crippen molar-refractivity contribution < 1.29 is 0 Å². The SMILES string of the molecule is Cc1sc(-c2cccc(Br)c2)nc1N. The van der Waals surface area contributed by atoms with E-state index in [1.807, 2.05) is 31.2 Å². The molecule has 0 aliphatic carbocycles. The Morgan fingerprint density at radius 1 is 1.43 bits per heavy atom. The molecule has 14 heavy (non-hydrogen) atoms. The maximum absolute atomic E-state index is 5.70. The molecule has 0 saturated heterocycles. The van der Waals surface area contributed by atoms with Crippen LogP contribution in [-0.2, 0) is 0 Å². The predicted molar refractivity (Wildman–Crippen MR) is 64.4 cm³/mol. The average Bonchev–Trinajstić information content (AvgIpc) is 2.47. The van der Waals surface area contributed by atoms with Crippen molar-refractivity contribution in [2.24, 2.45) is 0 Å². The Morgan fingerprint density at radius 3 is 2.79 bits per heavy atom. The molecule has 0 saturated carbocycles. The zero-order valence-corrected chi connectivity index (χ0v) is 10.0. The van der Waals surface area contributed by atoms with E-state index in [1.54, 1.807) is 11.3 Å². The van der Waals surface area contributed by atoms with Crippen molar-refractivity contribution in [3.63, 3.8) is 0 Å². The molecule has 0 fully saturated rings. The van der Waals surface area contributed by atoms with Crippen LogP contribution in [0.3, 0.4) is 0 Å². The average molecular weight is 269 g/mol. The Labute approximate surface area is 94.9 Å². The van der Waals surface area contributed by atoms with E-state index < -0.39 is 0 Å². The van der Waals surface area contributed by atoms with Gasteiger partial charge in [-0.25, -0.2) is 4.98 Å². The van der Waals surface area contributed by atoms with Crippen LogP contribution in [0.25, 0.3) is 10.6 Å². The molecule has 1 aromatic heterocycles. The van der Waals surface area contributed by atoms with Gasteiger partial charge in [0.15, 0.2) is 0 Å². The summed E-state index contributed by atoms with van der Waals surface area (Å²) in [5.74, 6) is 0.630. The number of anilines is 1. The molecule has 2 N–H and O–H groups in total. The van der Waals surface area contributed by atoms with Gasteiger partial charge < -0.3 is 5.73 Å². The number of nitrogen functional groups attached to an aromatic ring is 1. The van der Waals surface area contributed by atoms with E-state index in [1.165, 1.54) is 0 Å². The van der Waals surface area contributed by atoms with Gasteiger partial charge in [0, 0.05) is 14.9 Å². The summed E-state index contributed by atoms with van der Waals surface area (Å²) in [5, 5.41) is 0.973. The Balaban J connectivity index is 2.49. The van der Waals surface area contributed by atoms with E-state index in [2.05, 4.69) is 20.9 Å². The second-order valence-corrected chi connectivity index (χ2v) is 5.09. The van der Waals surface area contributed by atoms with Crippen LogP contribution >= 0.6 is 27.3 Å². The zero-order chi connectivity index (χ0) is 10.1. The second-order valence-electron chi connectivity index (χ2n) is 2.97. The molecule has 1 aromatic carbocycles. The lowest BCUT2D eigenvalue weighted by atomic mass is 10.2. The maximum Gasteiger partial charge on any atom is 0.138 e. The van der Waals surface area contributed by atoms with E-state index in [0.717, 1.165) is 19.9 Å². The molecule has 0 bridgehead atoms. The Morgan fingerprint density at radius 2 is 2.21 bits per heavy atom. The number of nitrogens with zero attached hydrogens (tertiary/aromatic N) is 1. The topological polar surface area (TPSA) is 38.9 Å². The van der Waals surface area contributed by atoms with Gasteiger partial charge in [-0.1, -0.05) is 28.1 Å². The van der Waals surface area contributed by atoms with Crippen LogP contribution < -0.4 is 5.73 Å². The third-order valence-corrected chi connectivity index (χ3v) is 3.43. The van der Waals surface area contributed by atoms with E-state index >= 15 is 0 Å². The lowest BCUT2D eigenvalue weighted by molar-refractivity contribution is 1.38. The first-order valence-electron chi connectivity index (χ1n) is 4.15. The highest BCUT2D eigenvalue weighted by Crippen LogP contribution is 2.30. The molecule has 0 aliphatic heterocycles. The van der Waals surface area contributed by atoms with Gasteiger partial charge in [-0.2, -0.15) is 0 Å². The molecule has 0 amide bonds. The molecular weight excluding hydrogens is 260 g/mol. The van der Waals surface area contributed by atoms with Crippen LogP contribution in [-0.4, -0.2) is 4.98 Å². The van der Waals surface area contributed by atoms with E-state index in [-0.39, 0.29) is 0 Å². The van der Waals surface area contributed by atoms with E-state index in [4.69, 9.17) is 5.73 Å². The Hall–Kier alpha value is -0.870. The van der Waals surface area contributed by atoms with E-state index in [9.17, 15) is 0 Å². The first kappa shape index (κ1) is 9.68. The van der Waals surface area contributed by atoms with Gasteiger partial charge in [0.1, 0.15) is 10.8 Å². The number of rotatable bonds is 1. The molecule has 2 aromatic rings. The van der Waals surface area contributed by atoms with Crippen LogP contribution in [0.15, 0.2) is 28.7 Å². The van der Waals surface area contributed by atoms with Crippen molar-refractivity contribution in [3.8, 4) is 10.6 Å². The van der Waals surface area contributed by atoms with Gasteiger partial charge >= 0.3 is 0 Å². The number of thiazole rings is 1. The summed E-state index contributed by atoms with van der Waals surface area (Å²) >= 11 is 5.05. The van der Waals surface area contributed by atoms with Crippen molar-refractivity contribution in [1.82, 2.24) is 4.98 Å². The molecule has 4 heteroatoms. The molecular formula is C10H9BrN2S. The maximum atomic E-state index is 5.70. The smallest absolute Gasteiger partial charge is 0.138 e. The lowest BCUT2D eigenvalue weighted by Crippen LogP contribution is -1.85. The van der Waals surface area contributed by atoms with Crippen LogP contribution in [0.2, 0.25) is 0 Å². The van der Waals surface area contributed by atoms with Crippen molar-refractivity contribution in [3.05, 3.63) is 33.6 Å². The molecule has 0 unspecified atom stereocenters. The fraction of sp³-hybridized carbons (Fsp3) is 0.100. The molecule has 2 nitrogen and oxygen atoms in total. The van der Waals surface area contributed by atoms with Gasteiger partial charge in [0.2, 0.25) is 0 Å². The summed E-state index contributed by atoms with van der Waals surface area (Å²) in [7, 11) is 0. The van der Waals surface area contributed by atoms with Gasteiger partial charge in [-0.05, 0) is 19.1 Å². The summed E-state index contributed by atoms with van der Waals surface area (Å²) in [5.41, 5.74) is 6.80. The van der Waals surface area contributed by atoms with Crippen LogP contribution in [0.5, 0.6) is 0 Å². The van der Waals surface area contributed by atoms with Crippen molar-refractivity contribution >= 4 is 33.1 Å². The number of hydrogen-bond donors (Lipinski definition) is 1. The third kappa shape index (κ3) is 1.81. The molecule has 0 atom stereocenters. The van der Waals surface area contributed by atoms with Crippen molar-refractivity contribution in [1.29, 1.82) is 0 Å². The minimum absolute atomic E-state index is 0.630. The fourth-order valence-corrected chi connectivity index (χ4v) is 2.38. The summed E-state index contributed by atoms with van der Waals surface area (Å²) in [4.78, 5) is 5.37. The first-order chi connectivity index (χ1) is 6.66. The summed E-state index contributed by atoms with van der Waals surface area (Å²) < 4.78 is 1.06. The fourth-order valence-electron chi connectivity index (χ4n) is 1.15. The normalized spacial score (nSPS) is 10.4. The minimum atomic E-state index is 0.630. The summed E-state index contributed by atoms with van der Waals surface area (Å²) in [6, 6.07) is 8.06. The largest absolute Gasteiger partial charge is 0.383 e. The number of aryl methyl sites for hydroxylation is 1. The van der Waals surface area contributed by atoms with Gasteiger partial charge in [0.05, 0.1) is 0 Å². The third-order valence-electron chi connectivity index (χ3n) is 1.90. The van der Waals surface area contributed by atoms with Gasteiger partial charge in [0.25, 0.3) is 0 Å². The van der Waals surface area contributed by atoms with Crippen molar-refractivity contribution in [2.45, 2.75) is 6.92 Å². The molecule has 0 aliphatic rings. The van der Waals surface area contributed by atoms with Crippen LogP contribution in [0, 0.1) is 6.92 Å². The summed E-state index contributed by atoms with van der Waals surface area (Å²) in [6.07, 6.45) is 0. The predicted octanol–water partition coefficient (Wildman–Crippen LogP) is 3.46. The molecule has 2 rings (SSSR count). The van der Waals surface area contributed by atoms with Crippen molar-refractivity contribution in [2.75, 3.05) is 5.73 Å². The number of aromatic nitrogens is 1. The number of halogens is 1. The first-order valence-corrected chi connectivity index (χ1v) is 5.76. The van der Waals surface area contributed by atoms with Gasteiger partial charge in [-0.15, -0.1) is 11.3 Å². The monoisotopic (exact) mass is 268 g/mol. The Kier molecular flexibility index (Phi) is 2.56. The van der Waals surface area contributed by atoms with Gasteiger partial charge in [-0.3, -0.25) is 0 Å². The highest BCUT2D eigenvalue weighted by atomic mass is 79.9. The second kappa shape index (κ2) is 3.71. The minimum Gasteiger partial charge on any atom is -0.383 e. The van der Waals surface area contributed by atoms with E-state index in [0.29, 0.717) is 5.82 Å². The molecule has 72 valence electrons. The standard InChI is InChI=1S/C10H9BrN2S/c1-6-9(12)13-10(14-6)7-3-2-4-8(11)5-7/h2-5H,12H2,1H3. The molecule has 0 radical (unpaired) electrons. The molecule has 0 spiro atoms. The Bertz CT molecular complexity index is 445. The summed E-state index contributed by atoms with van der Waals surface area (Å²) in [6.45, 7) is 1.98. The lowest BCUT2D eigenvalue weighted by Gasteiger charge is -1.95. The number of nitrogens with two attached hydrogens (primary N) is 1.